The van der Waals surface area contributed by atoms with Crippen molar-refractivity contribution in [3.8, 4) is 6.07 Å². The molecule has 0 aliphatic rings. The minimum absolute atomic E-state index is 0.230. The number of carbonyl (C=O) groups is 1. The van der Waals surface area contributed by atoms with Gasteiger partial charge in [-0.25, -0.2) is 0 Å². The summed E-state index contributed by atoms with van der Waals surface area (Å²) < 4.78 is 52.9. The second-order valence-corrected chi connectivity index (χ2v) is 12.9. The smallest absolute Gasteiger partial charge is 0.264 e. The summed E-state index contributed by atoms with van der Waals surface area (Å²) in [5.74, 6) is -0.230. The lowest BCUT2D eigenvalue weighted by Crippen LogP contribution is -2.30. The van der Waals surface area contributed by atoms with E-state index in [2.05, 4.69) is 33.0 Å². The molecule has 2 aromatic rings. The molecule has 13 nitrogen and oxygen atoms in total. The van der Waals surface area contributed by atoms with Gasteiger partial charge in [-0.3, -0.25) is 9.35 Å². The Balaban J connectivity index is 1.56. The number of aryl methyl sites for hydroxylation is 1. The second kappa shape index (κ2) is 21.9. The lowest BCUT2D eigenvalue weighted by atomic mass is 10.1. The number of hydrogen-bond acceptors (Lipinski definition) is 13. The predicted octanol–water partition coefficient (Wildman–Crippen LogP) is 4.96. The number of anilines is 1. The van der Waals surface area contributed by atoms with E-state index in [-0.39, 0.29) is 5.75 Å². The van der Waals surface area contributed by atoms with Crippen LogP contribution in [0.4, 0.5) is 16.4 Å². The number of hydrogen-bond donors (Lipinski definition) is 1. The Hall–Kier alpha value is -2.81. The van der Waals surface area contributed by atoms with Gasteiger partial charge in [0.1, 0.15) is 6.07 Å². The Bertz CT molecular complexity index is 1380. The van der Waals surface area contributed by atoms with Crippen molar-refractivity contribution in [2.45, 2.75) is 34.1 Å². The first-order valence-corrected chi connectivity index (χ1v) is 17.8. The number of nitrogens with zero attached hydrogens (tertiary/aromatic N) is 5. The molecule has 0 saturated heterocycles. The van der Waals surface area contributed by atoms with E-state index in [9.17, 15) is 18.5 Å². The number of rotatable bonds is 25. The highest BCUT2D eigenvalue weighted by atomic mass is 32.2. The first-order valence-electron chi connectivity index (χ1n) is 15.4. The van der Waals surface area contributed by atoms with Crippen LogP contribution in [0, 0.1) is 25.2 Å². The Morgan fingerprint density at radius 3 is 2.04 bits per heavy atom. The van der Waals surface area contributed by atoms with Gasteiger partial charge in [0.2, 0.25) is 0 Å². The number of ether oxygens (including phenoxy) is 4. The summed E-state index contributed by atoms with van der Waals surface area (Å²) in [6.45, 7) is 15.2. The first-order chi connectivity index (χ1) is 22.1. The van der Waals surface area contributed by atoms with E-state index in [0.29, 0.717) is 99.1 Å². The van der Waals surface area contributed by atoms with Crippen molar-refractivity contribution >= 4 is 44.1 Å². The monoisotopic (exact) mass is 681 g/mol. The third-order valence-corrected chi connectivity index (χ3v) is 8.96. The van der Waals surface area contributed by atoms with Crippen LogP contribution in [0.1, 0.15) is 46.6 Å². The van der Waals surface area contributed by atoms with Crippen molar-refractivity contribution in [3.63, 3.8) is 0 Å². The van der Waals surface area contributed by atoms with Gasteiger partial charge in [0.15, 0.2) is 11.3 Å². The summed E-state index contributed by atoms with van der Waals surface area (Å²) in [4.78, 5) is 16.0. The molecule has 1 aromatic heterocycles. The summed E-state index contributed by atoms with van der Waals surface area (Å²) in [6.07, 6.45) is 1.12. The summed E-state index contributed by atoms with van der Waals surface area (Å²) in [7, 11) is -3.91. The first kappa shape index (κ1) is 39.4. The van der Waals surface area contributed by atoms with Crippen LogP contribution in [0.15, 0.2) is 28.4 Å². The molecular weight excluding hydrogens is 635 g/mol. The summed E-state index contributed by atoms with van der Waals surface area (Å²) in [6, 6.07) is 8.03. The Morgan fingerprint density at radius 1 is 0.913 bits per heavy atom. The van der Waals surface area contributed by atoms with Crippen molar-refractivity contribution < 1.29 is 36.7 Å². The summed E-state index contributed by atoms with van der Waals surface area (Å²) >= 11 is 1.16. The van der Waals surface area contributed by atoms with E-state index < -0.39 is 10.1 Å². The van der Waals surface area contributed by atoms with Crippen LogP contribution in [0.3, 0.4) is 0 Å². The molecule has 0 aliphatic heterocycles. The number of aldehydes is 1. The zero-order valence-electron chi connectivity index (χ0n) is 27.3. The van der Waals surface area contributed by atoms with Crippen molar-refractivity contribution in [3.05, 3.63) is 39.8 Å². The van der Waals surface area contributed by atoms with Crippen molar-refractivity contribution in [2.24, 2.45) is 10.2 Å². The maximum atomic E-state index is 11.2. The molecule has 0 bridgehead atoms. The van der Waals surface area contributed by atoms with Gasteiger partial charge in [-0.05, 0) is 69.6 Å². The van der Waals surface area contributed by atoms with Crippen molar-refractivity contribution in [1.29, 1.82) is 5.26 Å². The van der Waals surface area contributed by atoms with Gasteiger partial charge >= 0.3 is 0 Å². The molecule has 0 saturated carbocycles. The van der Waals surface area contributed by atoms with Crippen LogP contribution in [0.25, 0.3) is 0 Å². The number of benzene rings is 1. The maximum Gasteiger partial charge on any atom is 0.264 e. The summed E-state index contributed by atoms with van der Waals surface area (Å²) in [5, 5.41) is 18.4. The number of thiophene rings is 1. The molecule has 15 heteroatoms. The fraction of sp³-hybridized carbons (Fsp3) is 0.613. The Kier molecular flexibility index (Phi) is 18.7. The standard InChI is InChI=1S/C31H47N5O8S2/c1-5-35(10-7-21-46(38,39)40)11-13-41-15-17-43-19-20-44-18-16-42-14-12-36(6-2)27-8-9-29(25(3)22-27)33-34-31-28(23-32)26(4)30(24-37)45-31/h8-9,22,24H,5-7,10-21H2,1-4H3,(H,38,39,40). The molecule has 0 radical (unpaired) electrons. The number of nitriles is 1. The largest absolute Gasteiger partial charge is 0.378 e. The fourth-order valence-corrected chi connectivity index (χ4v) is 5.76. The number of azo groups is 1. The predicted molar refractivity (Wildman–Crippen MR) is 179 cm³/mol. The van der Waals surface area contributed by atoms with Gasteiger partial charge in [-0.1, -0.05) is 6.92 Å². The molecule has 0 spiro atoms. The second-order valence-electron chi connectivity index (χ2n) is 10.3. The van der Waals surface area contributed by atoms with Crippen LogP contribution in [0.5, 0.6) is 0 Å². The fourth-order valence-electron chi connectivity index (χ4n) is 4.38. The van der Waals surface area contributed by atoms with Crippen LogP contribution >= 0.6 is 11.3 Å². The quantitative estimate of drug-likeness (QED) is 0.0652. The third-order valence-electron chi connectivity index (χ3n) is 7.06. The molecule has 2 rings (SSSR count). The van der Waals surface area contributed by atoms with E-state index in [1.54, 1.807) is 6.92 Å². The Labute approximate surface area is 276 Å². The van der Waals surface area contributed by atoms with Gasteiger partial charge < -0.3 is 28.7 Å². The third kappa shape index (κ3) is 14.7. The van der Waals surface area contributed by atoms with Gasteiger partial charge in [0, 0.05) is 25.3 Å². The molecule has 1 heterocycles. The molecule has 46 heavy (non-hydrogen) atoms. The van der Waals surface area contributed by atoms with Crippen LogP contribution in [-0.2, 0) is 29.1 Å². The average Bonchev–Trinajstić information content (AvgIpc) is 3.34. The summed E-state index contributed by atoms with van der Waals surface area (Å²) in [5.41, 5.74) is 3.70. The molecule has 1 N–H and O–H groups in total. The number of likely N-dealkylation sites (N-methyl/N-ethyl adjacent to an activating group) is 2. The van der Waals surface area contributed by atoms with Gasteiger partial charge in [-0.2, -0.15) is 13.7 Å². The molecule has 0 atom stereocenters. The zero-order chi connectivity index (χ0) is 33.8. The van der Waals surface area contributed by atoms with E-state index in [1.165, 1.54) is 0 Å². The average molecular weight is 682 g/mol. The maximum absolute atomic E-state index is 11.2. The van der Waals surface area contributed by atoms with Gasteiger partial charge in [0.05, 0.1) is 74.7 Å². The van der Waals surface area contributed by atoms with E-state index in [0.717, 1.165) is 48.5 Å². The minimum Gasteiger partial charge on any atom is -0.378 e. The van der Waals surface area contributed by atoms with E-state index in [4.69, 9.17) is 23.5 Å². The van der Waals surface area contributed by atoms with Gasteiger partial charge in [-0.15, -0.1) is 21.6 Å². The zero-order valence-corrected chi connectivity index (χ0v) is 28.9. The van der Waals surface area contributed by atoms with Crippen LogP contribution < -0.4 is 4.90 Å². The Morgan fingerprint density at radius 2 is 1.52 bits per heavy atom. The molecule has 0 aliphatic carbocycles. The molecule has 0 amide bonds. The van der Waals surface area contributed by atoms with E-state index in [1.807, 2.05) is 32.0 Å². The molecule has 0 fully saturated rings. The van der Waals surface area contributed by atoms with Gasteiger partial charge in [0.25, 0.3) is 10.1 Å². The topological polar surface area (TPSA) is 163 Å². The SMILES string of the molecule is CCN(CCCS(=O)(=O)O)CCOCCOCCOCCOCCN(CC)c1ccc(N=Nc2sc(C=O)c(C)c2C#N)c(C)c1. The highest BCUT2D eigenvalue weighted by Crippen LogP contribution is 2.35. The van der Waals surface area contributed by atoms with Crippen LogP contribution in [0.2, 0.25) is 0 Å². The highest BCUT2D eigenvalue weighted by molar-refractivity contribution is 7.85. The molecule has 0 unspecified atom stereocenters. The normalized spacial score (nSPS) is 11.8. The van der Waals surface area contributed by atoms with Crippen LogP contribution in [-0.4, -0.2) is 115 Å². The lowest BCUT2D eigenvalue weighted by molar-refractivity contribution is -0.00310. The number of carbonyl (C=O) groups excluding carboxylic acids is 1. The molecular formula is C31H47N5O8S2. The molecule has 256 valence electrons. The molecule has 1 aromatic carbocycles. The van der Waals surface area contributed by atoms with Crippen molar-refractivity contribution in [2.75, 3.05) is 96.2 Å². The van der Waals surface area contributed by atoms with E-state index >= 15 is 0 Å². The minimum atomic E-state index is -3.91. The lowest BCUT2D eigenvalue weighted by Gasteiger charge is -2.23. The van der Waals surface area contributed by atoms with Crippen molar-refractivity contribution in [1.82, 2.24) is 4.90 Å². The highest BCUT2D eigenvalue weighted by Gasteiger charge is 2.14.